The molecule has 0 fully saturated rings. The van der Waals surface area contributed by atoms with Gasteiger partial charge in [0.25, 0.3) is 0 Å². The number of nitrogens with one attached hydrogen (secondary N) is 1. The normalized spacial score (nSPS) is 12.7. The number of allylic oxidation sites excluding steroid dienone is 1. The number of ether oxygens (including phenoxy) is 1. The Morgan fingerprint density at radius 1 is 1.56 bits per heavy atom. The van der Waals surface area contributed by atoms with Gasteiger partial charge in [0.2, 0.25) is 0 Å². The molecule has 0 saturated heterocycles. The van der Waals surface area contributed by atoms with Gasteiger partial charge in [-0.2, -0.15) is 0 Å². The van der Waals surface area contributed by atoms with E-state index in [1.54, 1.807) is 18.2 Å². The highest BCUT2D eigenvalue weighted by Gasteiger charge is 2.04. The molecule has 0 amide bonds. The van der Waals surface area contributed by atoms with E-state index in [-0.39, 0.29) is 6.04 Å². The lowest BCUT2D eigenvalue weighted by Gasteiger charge is -2.14. The van der Waals surface area contributed by atoms with Crippen molar-refractivity contribution in [2.45, 2.75) is 19.9 Å². The molecule has 0 saturated carbocycles. The van der Waals surface area contributed by atoms with E-state index in [9.17, 15) is 0 Å². The maximum absolute atomic E-state index is 5.98. The van der Waals surface area contributed by atoms with Gasteiger partial charge in [-0.05, 0) is 38.2 Å². The minimum absolute atomic E-state index is 0.227. The highest BCUT2D eigenvalue weighted by atomic mass is 35.5. The number of hydrogen-bond acceptors (Lipinski definition) is 3. The number of nitrogen functional groups attached to an aromatic ring is 1. The maximum Gasteiger partial charge on any atom is 0.138 e. The summed E-state index contributed by atoms with van der Waals surface area (Å²) in [6, 6.07) is 5.46. The molecule has 1 aromatic carbocycles. The van der Waals surface area contributed by atoms with Crippen molar-refractivity contribution in [2.75, 3.05) is 12.3 Å². The number of halogens is 1. The third kappa shape index (κ3) is 4.03. The SMILES string of the molecule is C/C=C\NC(C)COc1ccc(N)cc1Cl. The number of benzene rings is 1. The first-order valence-corrected chi connectivity index (χ1v) is 5.56. The molecule has 0 radical (unpaired) electrons. The fourth-order valence-corrected chi connectivity index (χ4v) is 1.40. The summed E-state index contributed by atoms with van der Waals surface area (Å²) < 4.78 is 5.57. The van der Waals surface area contributed by atoms with Gasteiger partial charge in [-0.25, -0.2) is 0 Å². The van der Waals surface area contributed by atoms with E-state index >= 15 is 0 Å². The van der Waals surface area contributed by atoms with Crippen LogP contribution in [0.5, 0.6) is 5.75 Å². The molecule has 16 heavy (non-hydrogen) atoms. The van der Waals surface area contributed by atoms with Gasteiger partial charge in [0, 0.05) is 5.69 Å². The summed E-state index contributed by atoms with van der Waals surface area (Å²) in [6.07, 6.45) is 3.82. The van der Waals surface area contributed by atoms with E-state index < -0.39 is 0 Å². The van der Waals surface area contributed by atoms with Crippen LogP contribution in [0.25, 0.3) is 0 Å². The number of rotatable bonds is 5. The molecule has 1 aromatic rings. The minimum atomic E-state index is 0.227. The van der Waals surface area contributed by atoms with Crippen molar-refractivity contribution < 1.29 is 4.74 Å². The fraction of sp³-hybridized carbons (Fsp3) is 0.333. The van der Waals surface area contributed by atoms with Crippen LogP contribution in [0, 0.1) is 0 Å². The smallest absolute Gasteiger partial charge is 0.138 e. The molecule has 1 rings (SSSR count). The second-order valence-electron chi connectivity index (χ2n) is 3.57. The van der Waals surface area contributed by atoms with Crippen LogP contribution < -0.4 is 15.8 Å². The van der Waals surface area contributed by atoms with Gasteiger partial charge in [0.15, 0.2) is 0 Å². The molecule has 0 aliphatic heterocycles. The van der Waals surface area contributed by atoms with E-state index in [1.165, 1.54) is 0 Å². The molecule has 0 heterocycles. The van der Waals surface area contributed by atoms with E-state index in [2.05, 4.69) is 5.32 Å². The van der Waals surface area contributed by atoms with Gasteiger partial charge in [0.05, 0.1) is 11.1 Å². The number of hydrogen-bond donors (Lipinski definition) is 2. The second kappa shape index (κ2) is 6.28. The van der Waals surface area contributed by atoms with E-state index in [4.69, 9.17) is 22.1 Å². The van der Waals surface area contributed by atoms with Crippen LogP contribution in [0.1, 0.15) is 13.8 Å². The van der Waals surface area contributed by atoms with Crippen LogP contribution >= 0.6 is 11.6 Å². The van der Waals surface area contributed by atoms with Crippen molar-refractivity contribution in [3.05, 3.63) is 35.5 Å². The second-order valence-corrected chi connectivity index (χ2v) is 3.98. The summed E-state index contributed by atoms with van der Waals surface area (Å²) in [5, 5.41) is 3.70. The Kier molecular flexibility index (Phi) is 4.99. The van der Waals surface area contributed by atoms with Gasteiger partial charge in [-0.3, -0.25) is 0 Å². The Balaban J connectivity index is 2.48. The van der Waals surface area contributed by atoms with Crippen LogP contribution in [0.2, 0.25) is 5.02 Å². The Hall–Kier alpha value is -1.35. The molecule has 1 atom stereocenters. The molecule has 0 spiro atoms. The van der Waals surface area contributed by atoms with Crippen LogP contribution in [0.4, 0.5) is 5.69 Å². The predicted octanol–water partition coefficient (Wildman–Crippen LogP) is 2.81. The zero-order valence-corrected chi connectivity index (χ0v) is 10.3. The molecule has 0 aliphatic carbocycles. The van der Waals surface area contributed by atoms with Gasteiger partial charge >= 0.3 is 0 Å². The zero-order chi connectivity index (χ0) is 12.0. The summed E-state index contributed by atoms with van der Waals surface area (Å²) in [6.45, 7) is 4.54. The Morgan fingerprint density at radius 2 is 2.31 bits per heavy atom. The Bertz CT molecular complexity index is 366. The van der Waals surface area contributed by atoms with Crippen molar-refractivity contribution in [3.63, 3.8) is 0 Å². The monoisotopic (exact) mass is 240 g/mol. The predicted molar refractivity (Wildman–Crippen MR) is 68.8 cm³/mol. The van der Waals surface area contributed by atoms with Crippen molar-refractivity contribution >= 4 is 17.3 Å². The fourth-order valence-electron chi connectivity index (χ4n) is 1.16. The standard InChI is InChI=1S/C12H17ClN2O/c1-3-6-15-9(2)8-16-12-5-4-10(14)7-11(12)13/h3-7,9,15H,8,14H2,1-2H3/b6-3-. The topological polar surface area (TPSA) is 47.3 Å². The lowest BCUT2D eigenvalue weighted by molar-refractivity contribution is 0.283. The van der Waals surface area contributed by atoms with Crippen molar-refractivity contribution in [1.29, 1.82) is 0 Å². The quantitative estimate of drug-likeness (QED) is 0.778. The van der Waals surface area contributed by atoms with Crippen molar-refractivity contribution in [1.82, 2.24) is 5.32 Å². The van der Waals surface area contributed by atoms with Crippen molar-refractivity contribution in [2.24, 2.45) is 0 Å². The first-order valence-electron chi connectivity index (χ1n) is 5.18. The largest absolute Gasteiger partial charge is 0.490 e. The van der Waals surface area contributed by atoms with E-state index in [1.807, 2.05) is 26.1 Å². The molecule has 3 nitrogen and oxygen atoms in total. The lowest BCUT2D eigenvalue weighted by atomic mass is 10.3. The summed E-state index contributed by atoms with van der Waals surface area (Å²) in [5.74, 6) is 0.657. The zero-order valence-electron chi connectivity index (χ0n) is 9.53. The summed E-state index contributed by atoms with van der Waals surface area (Å²) in [4.78, 5) is 0. The van der Waals surface area contributed by atoms with Crippen LogP contribution in [0.3, 0.4) is 0 Å². The molecular weight excluding hydrogens is 224 g/mol. The first kappa shape index (κ1) is 12.7. The van der Waals surface area contributed by atoms with Crippen LogP contribution in [-0.2, 0) is 0 Å². The number of nitrogens with two attached hydrogens (primary N) is 1. The third-order valence-electron chi connectivity index (χ3n) is 1.99. The molecule has 88 valence electrons. The van der Waals surface area contributed by atoms with Crippen LogP contribution in [0.15, 0.2) is 30.5 Å². The summed E-state index contributed by atoms with van der Waals surface area (Å²) in [7, 11) is 0. The highest BCUT2D eigenvalue weighted by Crippen LogP contribution is 2.26. The molecule has 0 bridgehead atoms. The van der Waals surface area contributed by atoms with E-state index in [0.717, 1.165) is 0 Å². The average molecular weight is 241 g/mol. The molecule has 1 unspecified atom stereocenters. The minimum Gasteiger partial charge on any atom is -0.490 e. The first-order chi connectivity index (χ1) is 7.63. The highest BCUT2D eigenvalue weighted by molar-refractivity contribution is 6.32. The molecule has 0 aliphatic rings. The lowest BCUT2D eigenvalue weighted by Crippen LogP contribution is -2.27. The van der Waals surface area contributed by atoms with E-state index in [0.29, 0.717) is 23.1 Å². The summed E-state index contributed by atoms with van der Waals surface area (Å²) >= 11 is 5.98. The third-order valence-corrected chi connectivity index (χ3v) is 2.29. The maximum atomic E-state index is 5.98. The van der Waals surface area contributed by atoms with Gasteiger partial charge in [-0.15, -0.1) is 0 Å². The Labute approximate surface area is 101 Å². The molecular formula is C12H17ClN2O. The molecule has 0 aromatic heterocycles. The average Bonchev–Trinajstić information content (AvgIpc) is 2.25. The summed E-state index contributed by atoms with van der Waals surface area (Å²) in [5.41, 5.74) is 6.22. The Morgan fingerprint density at radius 3 is 2.94 bits per heavy atom. The molecule has 3 N–H and O–H groups in total. The van der Waals surface area contributed by atoms with Crippen LogP contribution in [-0.4, -0.2) is 12.6 Å². The number of anilines is 1. The van der Waals surface area contributed by atoms with Crippen molar-refractivity contribution in [3.8, 4) is 5.75 Å². The molecule has 4 heteroatoms. The van der Waals surface area contributed by atoms with Gasteiger partial charge in [-0.1, -0.05) is 17.7 Å². The van der Waals surface area contributed by atoms with Gasteiger partial charge in [0.1, 0.15) is 12.4 Å². The van der Waals surface area contributed by atoms with Gasteiger partial charge < -0.3 is 15.8 Å².